The highest BCUT2D eigenvalue weighted by Crippen LogP contribution is 2.41. The number of benzene rings is 2. The van der Waals surface area contributed by atoms with Gasteiger partial charge in [0.25, 0.3) is 0 Å². The number of carbonyl (C=O) groups excluding carboxylic acids is 1. The Balaban J connectivity index is 2.57. The highest BCUT2D eigenvalue weighted by molar-refractivity contribution is 6.72. The molecule has 0 N–H and O–H groups in total. The molecule has 0 aromatic heterocycles. The summed E-state index contributed by atoms with van der Waals surface area (Å²) in [7, 11) is -1.80. The molecule has 0 aliphatic rings. The van der Waals surface area contributed by atoms with Gasteiger partial charge in [-0.25, -0.2) is 0 Å². The second kappa shape index (κ2) is 6.88. The van der Waals surface area contributed by atoms with Gasteiger partial charge >= 0.3 is 5.97 Å². The van der Waals surface area contributed by atoms with Gasteiger partial charge in [0.2, 0.25) is 8.41 Å². The molecule has 22 heavy (non-hydrogen) atoms. The topological polar surface area (TPSA) is 26.3 Å². The van der Waals surface area contributed by atoms with Crippen molar-refractivity contribution in [3.05, 3.63) is 71.8 Å². The molecule has 0 bridgehead atoms. The molecule has 2 aromatic carbocycles. The third-order valence-electron chi connectivity index (χ3n) is 3.85. The van der Waals surface area contributed by atoms with Crippen LogP contribution in [0.2, 0.25) is 13.1 Å². The molecule has 0 aliphatic heterocycles. The highest BCUT2D eigenvalue weighted by atomic mass is 28.4. The van der Waals surface area contributed by atoms with Crippen LogP contribution < -0.4 is 0 Å². The van der Waals surface area contributed by atoms with Crippen molar-refractivity contribution in [3.8, 4) is 0 Å². The fourth-order valence-corrected chi connectivity index (χ4v) is 5.00. The average Bonchev–Trinajstić information content (AvgIpc) is 2.52. The first kappa shape index (κ1) is 16.4. The molecule has 0 saturated carbocycles. The molecule has 2 unspecified atom stereocenters. The lowest BCUT2D eigenvalue weighted by Crippen LogP contribution is -2.38. The number of esters is 1. The molecule has 116 valence electrons. The first-order chi connectivity index (χ1) is 10.4. The summed E-state index contributed by atoms with van der Waals surface area (Å²) < 4.78 is 20.1. The van der Waals surface area contributed by atoms with Gasteiger partial charge in [-0.15, -0.1) is 0 Å². The second-order valence-electron chi connectivity index (χ2n) is 5.86. The molecule has 0 amide bonds. The van der Waals surface area contributed by atoms with Crippen molar-refractivity contribution in [1.82, 2.24) is 0 Å². The fourth-order valence-electron chi connectivity index (χ4n) is 2.90. The number of ether oxygens (including phenoxy) is 1. The van der Waals surface area contributed by atoms with E-state index in [1.807, 2.05) is 60.7 Å². The van der Waals surface area contributed by atoms with E-state index in [-0.39, 0.29) is 0 Å². The summed E-state index contributed by atoms with van der Waals surface area (Å²) in [6.45, 7) is 3.28. The number of carbonyl (C=O) groups is 1. The minimum absolute atomic E-state index is 0.390. The molecule has 0 aliphatic carbocycles. The van der Waals surface area contributed by atoms with Crippen LogP contribution in [0, 0.1) is 0 Å². The fraction of sp³-hybridized carbons (Fsp3) is 0.278. The minimum Gasteiger partial charge on any atom is -0.469 e. The van der Waals surface area contributed by atoms with Crippen molar-refractivity contribution in [1.29, 1.82) is 0 Å². The number of rotatable bonds is 5. The number of halogens is 1. The van der Waals surface area contributed by atoms with Gasteiger partial charge in [0.1, 0.15) is 0 Å². The molecule has 2 rings (SSSR count). The molecule has 2 aromatic rings. The molecule has 0 fully saturated rings. The smallest absolute Gasteiger partial charge is 0.313 e. The van der Waals surface area contributed by atoms with Crippen molar-refractivity contribution in [3.63, 3.8) is 0 Å². The Morgan fingerprint density at radius 2 is 1.41 bits per heavy atom. The third-order valence-corrected chi connectivity index (χ3v) is 5.99. The summed E-state index contributed by atoms with van der Waals surface area (Å²) in [6, 6.07) is 18.7. The maximum Gasteiger partial charge on any atom is 0.313 e. The van der Waals surface area contributed by atoms with Crippen LogP contribution in [0.5, 0.6) is 0 Å². The van der Waals surface area contributed by atoms with Crippen LogP contribution in [0.3, 0.4) is 0 Å². The molecule has 2 atom stereocenters. The maximum absolute atomic E-state index is 15.1. The van der Waals surface area contributed by atoms with Gasteiger partial charge in [0, 0.05) is 5.54 Å². The zero-order valence-corrected chi connectivity index (χ0v) is 14.1. The van der Waals surface area contributed by atoms with E-state index in [4.69, 9.17) is 4.74 Å². The first-order valence-electron chi connectivity index (χ1n) is 7.31. The Bertz CT molecular complexity index is 608. The number of hydrogen-bond donors (Lipinski definition) is 0. The number of hydrogen-bond acceptors (Lipinski definition) is 2. The number of methoxy groups -OCH3 is 1. The molecule has 2 nitrogen and oxygen atoms in total. The van der Waals surface area contributed by atoms with E-state index in [9.17, 15) is 4.79 Å². The zero-order chi connectivity index (χ0) is 16.2. The largest absolute Gasteiger partial charge is 0.469 e. The van der Waals surface area contributed by atoms with E-state index in [0.29, 0.717) is 0 Å². The van der Waals surface area contributed by atoms with E-state index in [1.165, 1.54) is 7.11 Å². The molecular formula is C18H21FO2Si. The molecule has 0 saturated heterocycles. The van der Waals surface area contributed by atoms with Crippen molar-refractivity contribution < 1.29 is 13.6 Å². The van der Waals surface area contributed by atoms with Crippen LogP contribution in [0.1, 0.15) is 22.6 Å². The summed E-state index contributed by atoms with van der Waals surface area (Å²) in [6.07, 6.45) is 0. The monoisotopic (exact) mass is 316 g/mol. The Labute approximate surface area is 132 Å². The van der Waals surface area contributed by atoms with Crippen molar-refractivity contribution in [2.24, 2.45) is 0 Å². The average molecular weight is 316 g/mol. The standard InChI is InChI=1S/C18H21FO2Si/c1-21-18(20)16(14-10-6-4-7-11-14)17(22(2,3)19)15-12-8-5-9-13-15/h4-13,16-17H,1-3H3. The first-order valence-corrected chi connectivity index (χ1v) is 10.3. The van der Waals surface area contributed by atoms with Crippen LogP contribution in [0.4, 0.5) is 4.11 Å². The Morgan fingerprint density at radius 1 is 0.955 bits per heavy atom. The maximum atomic E-state index is 15.1. The summed E-state index contributed by atoms with van der Waals surface area (Å²) in [5, 5.41) is 0. The molecular weight excluding hydrogens is 295 g/mol. The second-order valence-corrected chi connectivity index (χ2v) is 9.62. The van der Waals surface area contributed by atoms with E-state index >= 15 is 4.11 Å². The lowest BCUT2D eigenvalue weighted by atomic mass is 9.91. The quantitative estimate of drug-likeness (QED) is 0.463. The Kier molecular flexibility index (Phi) is 5.14. The van der Waals surface area contributed by atoms with Crippen molar-refractivity contribution in [2.45, 2.75) is 24.6 Å². The third kappa shape index (κ3) is 3.63. The Morgan fingerprint density at radius 3 is 1.82 bits per heavy atom. The van der Waals surface area contributed by atoms with Gasteiger partial charge in [-0.3, -0.25) is 4.79 Å². The summed E-state index contributed by atoms with van der Waals surface area (Å²) in [5.41, 5.74) is 1.16. The molecule has 0 radical (unpaired) electrons. The van der Waals surface area contributed by atoms with E-state index in [1.54, 1.807) is 13.1 Å². The van der Waals surface area contributed by atoms with E-state index in [2.05, 4.69) is 0 Å². The molecule has 0 spiro atoms. The molecule has 4 heteroatoms. The van der Waals surface area contributed by atoms with Crippen molar-refractivity contribution >= 4 is 14.4 Å². The summed E-state index contributed by atoms with van der Waals surface area (Å²) >= 11 is 0. The van der Waals surface area contributed by atoms with Gasteiger partial charge in [-0.2, -0.15) is 0 Å². The predicted molar refractivity (Wildman–Crippen MR) is 89.0 cm³/mol. The van der Waals surface area contributed by atoms with Crippen molar-refractivity contribution in [2.75, 3.05) is 7.11 Å². The highest BCUT2D eigenvalue weighted by Gasteiger charge is 2.44. The normalized spacial score (nSPS) is 14.2. The molecule has 0 heterocycles. The van der Waals surface area contributed by atoms with Crippen LogP contribution >= 0.6 is 0 Å². The minimum atomic E-state index is -3.15. The van der Waals surface area contributed by atoms with Gasteiger partial charge in [-0.1, -0.05) is 60.7 Å². The van der Waals surface area contributed by atoms with E-state index in [0.717, 1.165) is 11.1 Å². The van der Waals surface area contributed by atoms with Gasteiger partial charge in [0.05, 0.1) is 13.0 Å². The van der Waals surface area contributed by atoms with Crippen LogP contribution in [0.15, 0.2) is 60.7 Å². The Hall–Kier alpha value is -1.94. The summed E-state index contributed by atoms with van der Waals surface area (Å²) in [5.74, 6) is -1.02. The summed E-state index contributed by atoms with van der Waals surface area (Å²) in [4.78, 5) is 12.4. The van der Waals surface area contributed by atoms with Gasteiger partial charge in [0.15, 0.2) is 0 Å². The predicted octanol–water partition coefficient (Wildman–Crippen LogP) is 4.44. The van der Waals surface area contributed by atoms with E-state index < -0.39 is 25.8 Å². The zero-order valence-electron chi connectivity index (χ0n) is 13.1. The van der Waals surface area contributed by atoms with Gasteiger partial charge in [-0.05, 0) is 24.2 Å². The van der Waals surface area contributed by atoms with Crippen LogP contribution in [-0.2, 0) is 9.53 Å². The SMILES string of the molecule is COC(=O)C(c1ccccc1)C(c1ccccc1)[Si](C)(C)F. The van der Waals surface area contributed by atoms with Crippen LogP contribution in [0.25, 0.3) is 0 Å². The lowest BCUT2D eigenvalue weighted by Gasteiger charge is -2.31. The van der Waals surface area contributed by atoms with Gasteiger partial charge < -0.3 is 8.84 Å². The van der Waals surface area contributed by atoms with Crippen LogP contribution in [-0.4, -0.2) is 21.5 Å². The lowest BCUT2D eigenvalue weighted by molar-refractivity contribution is -0.142.